The first-order valence-electron chi connectivity index (χ1n) is 6.65. The zero-order valence-electron chi connectivity index (χ0n) is 10.7. The van der Waals surface area contributed by atoms with Crippen LogP contribution in [-0.4, -0.2) is 23.0 Å². The van der Waals surface area contributed by atoms with Crippen LogP contribution in [0.2, 0.25) is 5.02 Å². The predicted molar refractivity (Wildman–Crippen MR) is 77.5 cm³/mol. The third-order valence-corrected chi connectivity index (χ3v) is 4.21. The van der Waals surface area contributed by atoms with Gasteiger partial charge in [-0.3, -0.25) is 0 Å². The highest BCUT2D eigenvalue weighted by Gasteiger charge is 2.40. The third-order valence-electron chi connectivity index (χ3n) is 3.98. The van der Waals surface area contributed by atoms with Crippen molar-refractivity contribution in [3.63, 3.8) is 0 Å². The molecule has 0 radical (unpaired) electrons. The number of halogens is 1. The van der Waals surface area contributed by atoms with Crippen molar-refractivity contribution in [2.75, 3.05) is 5.32 Å². The van der Waals surface area contributed by atoms with Crippen LogP contribution in [0.5, 0.6) is 0 Å². The van der Waals surface area contributed by atoms with Gasteiger partial charge in [-0.05, 0) is 43.9 Å². The van der Waals surface area contributed by atoms with Crippen LogP contribution in [0.25, 0.3) is 0 Å². The molecule has 2 saturated heterocycles. The maximum absolute atomic E-state index is 12.4. The molecule has 0 saturated carbocycles. The van der Waals surface area contributed by atoms with Gasteiger partial charge >= 0.3 is 6.03 Å². The molecule has 2 bridgehead atoms. The summed E-state index contributed by atoms with van der Waals surface area (Å²) < 4.78 is 0. The van der Waals surface area contributed by atoms with Crippen molar-refractivity contribution in [3.8, 4) is 0 Å². The highest BCUT2D eigenvalue weighted by Crippen LogP contribution is 2.38. The number of benzene rings is 1. The van der Waals surface area contributed by atoms with Gasteiger partial charge in [-0.15, -0.1) is 0 Å². The van der Waals surface area contributed by atoms with Crippen LogP contribution in [-0.2, 0) is 0 Å². The zero-order valence-corrected chi connectivity index (χ0v) is 11.5. The molecule has 1 aromatic rings. The first-order valence-corrected chi connectivity index (χ1v) is 7.03. The average molecular weight is 277 g/mol. The van der Waals surface area contributed by atoms with E-state index in [0.717, 1.165) is 31.4 Å². The summed E-state index contributed by atoms with van der Waals surface area (Å²) >= 11 is 5.93. The highest BCUT2D eigenvalue weighted by molar-refractivity contribution is 6.30. The van der Waals surface area contributed by atoms with Crippen LogP contribution < -0.4 is 5.32 Å². The van der Waals surface area contributed by atoms with Crippen molar-refractivity contribution in [3.05, 3.63) is 41.4 Å². The number of carbonyl (C=O) groups is 1. The van der Waals surface area contributed by atoms with Gasteiger partial charge in [0.2, 0.25) is 0 Å². The lowest BCUT2D eigenvalue weighted by Gasteiger charge is -2.35. The largest absolute Gasteiger partial charge is 0.322 e. The quantitative estimate of drug-likeness (QED) is 0.771. The topological polar surface area (TPSA) is 32.3 Å². The number of fused-ring (bicyclic) bond motifs is 2. The molecule has 0 aromatic heterocycles. The SMILES string of the molecule is C=C1CC2CCC(C1)N2C(=O)Nc1cccc(Cl)c1. The molecule has 4 heteroatoms. The van der Waals surface area contributed by atoms with Crippen LogP contribution in [0.3, 0.4) is 0 Å². The number of amides is 2. The predicted octanol–water partition coefficient (Wildman–Crippen LogP) is 4.05. The normalized spacial score (nSPS) is 25.5. The highest BCUT2D eigenvalue weighted by atomic mass is 35.5. The second kappa shape index (κ2) is 4.89. The second-order valence-electron chi connectivity index (χ2n) is 5.39. The minimum atomic E-state index is -0.0118. The molecule has 19 heavy (non-hydrogen) atoms. The molecule has 2 unspecified atom stereocenters. The number of piperidine rings is 1. The van der Waals surface area contributed by atoms with E-state index < -0.39 is 0 Å². The summed E-state index contributed by atoms with van der Waals surface area (Å²) in [4.78, 5) is 14.4. The second-order valence-corrected chi connectivity index (χ2v) is 5.83. The minimum Gasteiger partial charge on any atom is -0.318 e. The van der Waals surface area contributed by atoms with Crippen LogP contribution in [0, 0.1) is 0 Å². The van der Waals surface area contributed by atoms with Crippen LogP contribution in [0.1, 0.15) is 25.7 Å². The third kappa shape index (κ3) is 2.47. The fourth-order valence-corrected chi connectivity index (χ4v) is 3.39. The molecular formula is C15H17ClN2O. The van der Waals surface area contributed by atoms with E-state index in [2.05, 4.69) is 11.9 Å². The van der Waals surface area contributed by atoms with Crippen molar-refractivity contribution in [2.45, 2.75) is 37.8 Å². The number of carbonyl (C=O) groups excluding carboxylic acids is 1. The smallest absolute Gasteiger partial charge is 0.318 e. The Hall–Kier alpha value is -1.48. The lowest BCUT2D eigenvalue weighted by atomic mass is 9.99. The molecule has 1 aromatic carbocycles. The van der Waals surface area contributed by atoms with Crippen LogP contribution in [0.4, 0.5) is 10.5 Å². The van der Waals surface area contributed by atoms with Crippen LogP contribution >= 0.6 is 11.6 Å². The summed E-state index contributed by atoms with van der Waals surface area (Å²) in [5.74, 6) is 0. The standard InChI is InChI=1S/C15H17ClN2O/c1-10-7-13-5-6-14(8-10)18(13)15(19)17-12-4-2-3-11(16)9-12/h2-4,9,13-14H,1,5-8H2,(H,17,19). The Morgan fingerprint density at radius 1 is 1.32 bits per heavy atom. The van der Waals surface area contributed by atoms with E-state index >= 15 is 0 Å². The van der Waals surface area contributed by atoms with Crippen molar-refractivity contribution in [1.82, 2.24) is 4.90 Å². The summed E-state index contributed by atoms with van der Waals surface area (Å²) in [6.45, 7) is 4.07. The number of nitrogens with zero attached hydrogens (tertiary/aromatic N) is 1. The Bertz CT molecular complexity index is 513. The number of urea groups is 1. The number of hydrogen-bond donors (Lipinski definition) is 1. The number of hydrogen-bond acceptors (Lipinski definition) is 1. The van der Waals surface area contributed by atoms with E-state index in [4.69, 9.17) is 11.6 Å². The molecule has 3 rings (SSSR count). The van der Waals surface area contributed by atoms with E-state index in [1.165, 1.54) is 5.57 Å². The van der Waals surface area contributed by atoms with Gasteiger partial charge in [-0.2, -0.15) is 0 Å². The van der Waals surface area contributed by atoms with E-state index in [-0.39, 0.29) is 6.03 Å². The maximum Gasteiger partial charge on any atom is 0.322 e. The van der Waals surface area contributed by atoms with Gasteiger partial charge in [0.1, 0.15) is 0 Å². The van der Waals surface area contributed by atoms with Gasteiger partial charge in [0.15, 0.2) is 0 Å². The Kier molecular flexibility index (Phi) is 3.23. The summed E-state index contributed by atoms with van der Waals surface area (Å²) in [7, 11) is 0. The van der Waals surface area contributed by atoms with Gasteiger partial charge < -0.3 is 10.2 Å². The molecule has 2 aliphatic rings. The molecule has 1 N–H and O–H groups in total. The Morgan fingerprint density at radius 3 is 2.63 bits per heavy atom. The molecule has 2 atom stereocenters. The zero-order chi connectivity index (χ0) is 13.4. The molecule has 100 valence electrons. The molecule has 0 aliphatic carbocycles. The summed E-state index contributed by atoms with van der Waals surface area (Å²) in [6.07, 6.45) is 4.07. The number of anilines is 1. The molecular weight excluding hydrogens is 260 g/mol. The van der Waals surface area contributed by atoms with Crippen LogP contribution in [0.15, 0.2) is 36.4 Å². The number of nitrogens with one attached hydrogen (secondary N) is 1. The first kappa shape index (κ1) is 12.5. The van der Waals surface area contributed by atoms with Crippen molar-refractivity contribution >= 4 is 23.3 Å². The van der Waals surface area contributed by atoms with Gasteiger partial charge in [0.05, 0.1) is 0 Å². The lowest BCUT2D eigenvalue weighted by molar-refractivity contribution is 0.174. The Labute approximate surface area is 118 Å². The van der Waals surface area contributed by atoms with Crippen molar-refractivity contribution in [2.24, 2.45) is 0 Å². The van der Waals surface area contributed by atoms with E-state index in [1.54, 1.807) is 12.1 Å². The van der Waals surface area contributed by atoms with Crippen molar-refractivity contribution in [1.29, 1.82) is 0 Å². The monoisotopic (exact) mass is 276 g/mol. The molecule has 0 spiro atoms. The van der Waals surface area contributed by atoms with Gasteiger partial charge in [-0.1, -0.05) is 29.8 Å². The Balaban J connectivity index is 1.73. The molecule has 3 nitrogen and oxygen atoms in total. The van der Waals surface area contributed by atoms with E-state index in [0.29, 0.717) is 17.1 Å². The van der Waals surface area contributed by atoms with Gasteiger partial charge in [0.25, 0.3) is 0 Å². The summed E-state index contributed by atoms with van der Waals surface area (Å²) in [6, 6.07) is 7.90. The number of rotatable bonds is 1. The fraction of sp³-hybridized carbons (Fsp3) is 0.400. The van der Waals surface area contributed by atoms with Gasteiger partial charge in [0, 0.05) is 22.8 Å². The fourth-order valence-electron chi connectivity index (χ4n) is 3.20. The molecule has 2 heterocycles. The summed E-state index contributed by atoms with van der Waals surface area (Å²) in [5, 5.41) is 3.57. The lowest BCUT2D eigenvalue weighted by Crippen LogP contribution is -2.46. The van der Waals surface area contributed by atoms with E-state index in [1.807, 2.05) is 17.0 Å². The first-order chi connectivity index (χ1) is 9.13. The minimum absolute atomic E-state index is 0.0118. The van der Waals surface area contributed by atoms with E-state index in [9.17, 15) is 4.79 Å². The molecule has 2 fully saturated rings. The van der Waals surface area contributed by atoms with Crippen molar-refractivity contribution < 1.29 is 4.79 Å². The molecule has 2 aliphatic heterocycles. The average Bonchev–Trinajstić information content (AvgIpc) is 2.62. The summed E-state index contributed by atoms with van der Waals surface area (Å²) in [5.41, 5.74) is 2.03. The molecule has 2 amide bonds. The maximum atomic E-state index is 12.4. The van der Waals surface area contributed by atoms with Gasteiger partial charge in [-0.25, -0.2) is 4.79 Å². The Morgan fingerprint density at radius 2 is 2.00 bits per heavy atom.